The Bertz CT molecular complexity index is 493. The van der Waals surface area contributed by atoms with Crippen molar-refractivity contribution in [1.82, 2.24) is 0 Å². The molecule has 90 valence electrons. The quantitative estimate of drug-likeness (QED) is 0.769. The number of carboxylic acids is 1. The van der Waals surface area contributed by atoms with E-state index in [0.717, 1.165) is 12.1 Å². The van der Waals surface area contributed by atoms with Gasteiger partial charge in [0.25, 0.3) is 0 Å². The molecule has 0 amide bonds. The Morgan fingerprint density at radius 2 is 2.06 bits per heavy atom. The van der Waals surface area contributed by atoms with Crippen LogP contribution in [-0.2, 0) is 11.0 Å². The molecule has 2 nitrogen and oxygen atoms in total. The van der Waals surface area contributed by atoms with Gasteiger partial charge in [-0.25, -0.2) is 0 Å². The predicted molar refractivity (Wildman–Crippen MR) is 55.3 cm³/mol. The highest BCUT2D eigenvalue weighted by molar-refractivity contribution is 5.70. The Labute approximate surface area is 96.1 Å². The van der Waals surface area contributed by atoms with Crippen LogP contribution in [0.2, 0.25) is 0 Å². The van der Waals surface area contributed by atoms with Gasteiger partial charge in [0.15, 0.2) is 0 Å². The fourth-order valence-electron chi connectivity index (χ4n) is 1.20. The fraction of sp³-hybridized carbons (Fsp3) is 0.250. The van der Waals surface area contributed by atoms with Crippen molar-refractivity contribution >= 4 is 5.97 Å². The Morgan fingerprint density at radius 1 is 1.41 bits per heavy atom. The molecule has 0 fully saturated rings. The molecule has 1 N–H and O–H groups in total. The highest BCUT2D eigenvalue weighted by Gasteiger charge is 2.30. The van der Waals surface area contributed by atoms with Crippen molar-refractivity contribution in [2.75, 3.05) is 0 Å². The summed E-state index contributed by atoms with van der Waals surface area (Å²) in [6.45, 7) is 1.50. The van der Waals surface area contributed by atoms with E-state index in [1.54, 1.807) is 0 Å². The van der Waals surface area contributed by atoms with Crippen molar-refractivity contribution in [3.63, 3.8) is 0 Å². The smallest absolute Gasteiger partial charge is 0.416 e. The van der Waals surface area contributed by atoms with Crippen molar-refractivity contribution < 1.29 is 23.1 Å². The number of rotatable bonds is 1. The third kappa shape index (κ3) is 3.83. The first-order valence-corrected chi connectivity index (χ1v) is 4.69. The van der Waals surface area contributed by atoms with Gasteiger partial charge in [0.2, 0.25) is 0 Å². The largest absolute Gasteiger partial charge is 0.481 e. The van der Waals surface area contributed by atoms with Gasteiger partial charge in [0.1, 0.15) is 6.42 Å². The second kappa shape index (κ2) is 4.91. The maximum Gasteiger partial charge on any atom is 0.416 e. The lowest BCUT2D eigenvalue weighted by molar-refractivity contribution is -0.138. The molecule has 17 heavy (non-hydrogen) atoms. The Morgan fingerprint density at radius 3 is 2.53 bits per heavy atom. The van der Waals surface area contributed by atoms with Gasteiger partial charge in [-0.1, -0.05) is 11.8 Å². The molecule has 5 heteroatoms. The van der Waals surface area contributed by atoms with E-state index >= 15 is 0 Å². The molecule has 0 aliphatic rings. The molecular formula is C12H9F3O2. The summed E-state index contributed by atoms with van der Waals surface area (Å²) in [5.41, 5.74) is 0.0377. The van der Waals surface area contributed by atoms with Crippen molar-refractivity contribution in [1.29, 1.82) is 0 Å². The molecule has 1 aromatic carbocycles. The molecule has 0 aliphatic carbocycles. The van der Waals surface area contributed by atoms with Crippen LogP contribution in [0.5, 0.6) is 0 Å². The number of hydrogen-bond acceptors (Lipinski definition) is 1. The van der Waals surface area contributed by atoms with Crippen LogP contribution in [0.3, 0.4) is 0 Å². The molecule has 0 aromatic heterocycles. The standard InChI is InChI=1S/C12H9F3O2/c1-8-7-10(12(13,14)15)6-5-9(8)3-2-4-11(16)17/h5-7H,4H2,1H3,(H,16,17). The van der Waals surface area contributed by atoms with E-state index in [4.69, 9.17) is 5.11 Å². The van der Waals surface area contributed by atoms with Gasteiger partial charge in [-0.05, 0) is 30.7 Å². The second-order valence-electron chi connectivity index (χ2n) is 3.40. The van der Waals surface area contributed by atoms with E-state index in [9.17, 15) is 18.0 Å². The summed E-state index contributed by atoms with van der Waals surface area (Å²) in [5.74, 6) is 3.83. The summed E-state index contributed by atoms with van der Waals surface area (Å²) < 4.78 is 37.0. The lowest BCUT2D eigenvalue weighted by Gasteiger charge is -2.07. The number of carboxylic acid groups (broad SMARTS) is 1. The maximum atomic E-state index is 12.3. The molecular weight excluding hydrogens is 233 g/mol. The number of aryl methyl sites for hydroxylation is 1. The van der Waals surface area contributed by atoms with Gasteiger partial charge in [-0.3, -0.25) is 4.79 Å². The minimum atomic E-state index is -4.38. The lowest BCUT2D eigenvalue weighted by atomic mass is 10.1. The number of hydrogen-bond donors (Lipinski definition) is 1. The Hall–Kier alpha value is -1.96. The van der Waals surface area contributed by atoms with E-state index in [1.807, 2.05) is 0 Å². The molecule has 0 atom stereocenters. The average Bonchev–Trinajstić information content (AvgIpc) is 2.18. The van der Waals surface area contributed by atoms with Crippen LogP contribution < -0.4 is 0 Å². The summed E-state index contributed by atoms with van der Waals surface area (Å²) in [7, 11) is 0. The van der Waals surface area contributed by atoms with Gasteiger partial charge in [0.05, 0.1) is 5.56 Å². The summed E-state index contributed by atoms with van der Waals surface area (Å²) in [6, 6.07) is 3.16. The summed E-state index contributed by atoms with van der Waals surface area (Å²) >= 11 is 0. The van der Waals surface area contributed by atoms with E-state index in [1.165, 1.54) is 13.0 Å². The predicted octanol–water partition coefficient (Wildman–Crippen LogP) is 2.84. The first kappa shape index (κ1) is 13.1. The molecule has 0 spiro atoms. The SMILES string of the molecule is Cc1cc(C(F)(F)F)ccc1C#CCC(=O)O. The maximum absolute atomic E-state index is 12.3. The third-order valence-corrected chi connectivity index (χ3v) is 2.02. The minimum Gasteiger partial charge on any atom is -0.481 e. The normalized spacial score (nSPS) is 10.6. The van der Waals surface area contributed by atoms with Gasteiger partial charge < -0.3 is 5.11 Å². The van der Waals surface area contributed by atoms with Gasteiger partial charge in [-0.15, -0.1) is 0 Å². The fourth-order valence-corrected chi connectivity index (χ4v) is 1.20. The summed E-state index contributed by atoms with van der Waals surface area (Å²) in [4.78, 5) is 10.2. The van der Waals surface area contributed by atoms with Crippen molar-refractivity contribution in [3.05, 3.63) is 34.9 Å². The van der Waals surface area contributed by atoms with E-state index in [0.29, 0.717) is 11.1 Å². The Balaban J connectivity index is 2.97. The molecule has 0 aliphatic heterocycles. The van der Waals surface area contributed by atoms with Crippen LogP contribution in [-0.4, -0.2) is 11.1 Å². The number of halogens is 3. The van der Waals surface area contributed by atoms with E-state index in [2.05, 4.69) is 11.8 Å². The highest BCUT2D eigenvalue weighted by atomic mass is 19.4. The van der Waals surface area contributed by atoms with Crippen molar-refractivity contribution in [3.8, 4) is 11.8 Å². The topological polar surface area (TPSA) is 37.3 Å². The van der Waals surface area contributed by atoms with Crippen LogP contribution >= 0.6 is 0 Å². The van der Waals surface area contributed by atoms with E-state index in [-0.39, 0.29) is 6.42 Å². The average molecular weight is 242 g/mol. The van der Waals surface area contributed by atoms with Gasteiger partial charge in [0, 0.05) is 5.56 Å². The van der Waals surface area contributed by atoms with Crippen LogP contribution in [0.15, 0.2) is 18.2 Å². The van der Waals surface area contributed by atoms with Crippen LogP contribution in [0, 0.1) is 18.8 Å². The lowest BCUT2D eigenvalue weighted by Crippen LogP contribution is -2.05. The number of benzene rings is 1. The molecule has 0 saturated heterocycles. The van der Waals surface area contributed by atoms with E-state index < -0.39 is 17.7 Å². The van der Waals surface area contributed by atoms with Crippen LogP contribution in [0.25, 0.3) is 0 Å². The molecule has 1 rings (SSSR count). The minimum absolute atomic E-state index is 0.333. The zero-order valence-electron chi connectivity index (χ0n) is 8.93. The molecule has 0 saturated carbocycles. The van der Waals surface area contributed by atoms with Crippen molar-refractivity contribution in [2.24, 2.45) is 0 Å². The molecule has 0 radical (unpaired) electrons. The molecule has 0 heterocycles. The first-order chi connectivity index (χ1) is 7.80. The summed E-state index contributed by atoms with van der Waals surface area (Å²) in [5, 5.41) is 8.36. The molecule has 1 aromatic rings. The molecule has 0 unspecified atom stereocenters. The van der Waals surface area contributed by atoms with Crippen LogP contribution in [0.1, 0.15) is 23.1 Å². The van der Waals surface area contributed by atoms with Crippen LogP contribution in [0.4, 0.5) is 13.2 Å². The highest BCUT2D eigenvalue weighted by Crippen LogP contribution is 2.30. The Kier molecular flexibility index (Phi) is 3.79. The first-order valence-electron chi connectivity index (χ1n) is 4.69. The monoisotopic (exact) mass is 242 g/mol. The zero-order valence-corrected chi connectivity index (χ0v) is 8.93. The molecule has 0 bridgehead atoms. The second-order valence-corrected chi connectivity index (χ2v) is 3.40. The number of alkyl halides is 3. The van der Waals surface area contributed by atoms with Gasteiger partial charge in [-0.2, -0.15) is 13.2 Å². The number of carbonyl (C=O) groups is 1. The van der Waals surface area contributed by atoms with Crippen molar-refractivity contribution in [2.45, 2.75) is 19.5 Å². The van der Waals surface area contributed by atoms with Gasteiger partial charge >= 0.3 is 12.1 Å². The summed E-state index contributed by atoms with van der Waals surface area (Å²) in [6.07, 6.45) is -4.71. The zero-order chi connectivity index (χ0) is 13.1. The third-order valence-electron chi connectivity index (χ3n) is 2.02. The number of aliphatic carboxylic acids is 1.